The van der Waals surface area contributed by atoms with Crippen LogP contribution in [-0.4, -0.2) is 9.97 Å². The zero-order chi connectivity index (χ0) is 12.7. The van der Waals surface area contributed by atoms with Gasteiger partial charge in [-0.3, -0.25) is 0 Å². The summed E-state index contributed by atoms with van der Waals surface area (Å²) in [4.78, 5) is 7.53. The second-order valence-electron chi connectivity index (χ2n) is 3.86. The summed E-state index contributed by atoms with van der Waals surface area (Å²) in [6.45, 7) is 0. The predicted molar refractivity (Wildman–Crippen MR) is 67.0 cm³/mol. The average molecular weight is 265 g/mol. The smallest absolute Gasteiger partial charge is 0.226 e. The van der Waals surface area contributed by atoms with E-state index >= 15 is 0 Å². The van der Waals surface area contributed by atoms with Crippen molar-refractivity contribution in [2.75, 3.05) is 0 Å². The summed E-state index contributed by atoms with van der Waals surface area (Å²) in [7, 11) is 0. The van der Waals surface area contributed by atoms with Gasteiger partial charge in [-0.25, -0.2) is 18.7 Å². The molecule has 0 radical (unpaired) electrons. The number of hydrogen-bond donors (Lipinski definition) is 0. The Kier molecular flexibility index (Phi) is 2.59. The van der Waals surface area contributed by atoms with Crippen molar-refractivity contribution < 1.29 is 8.78 Å². The fourth-order valence-electron chi connectivity index (χ4n) is 1.94. The molecule has 0 aliphatic heterocycles. The molecule has 3 aromatic rings. The third kappa shape index (κ3) is 1.69. The molecule has 0 aliphatic rings. The van der Waals surface area contributed by atoms with Crippen LogP contribution < -0.4 is 0 Å². The maximum atomic E-state index is 12.7. The van der Waals surface area contributed by atoms with Crippen LogP contribution in [0.3, 0.4) is 0 Å². The Labute approximate surface area is 106 Å². The number of halogens is 3. The number of aromatic nitrogens is 2. The topological polar surface area (TPSA) is 25.8 Å². The maximum Gasteiger partial charge on any atom is 0.297 e. The highest BCUT2D eigenvalue weighted by Gasteiger charge is 2.15. The number of nitrogens with zero attached hydrogens (tertiary/aromatic N) is 2. The molecule has 0 spiro atoms. The Bertz CT molecular complexity index is 743. The fraction of sp³-hybridized carbons (Fsp3) is 0.0769. The van der Waals surface area contributed by atoms with Crippen LogP contribution in [0.1, 0.15) is 12.2 Å². The van der Waals surface area contributed by atoms with Crippen LogP contribution >= 0.6 is 11.6 Å². The molecule has 0 saturated heterocycles. The molecule has 0 fully saturated rings. The van der Waals surface area contributed by atoms with E-state index in [-0.39, 0.29) is 5.15 Å². The Morgan fingerprint density at radius 2 is 1.72 bits per heavy atom. The monoisotopic (exact) mass is 264 g/mol. The molecule has 0 unspecified atom stereocenters. The van der Waals surface area contributed by atoms with Crippen LogP contribution in [0.2, 0.25) is 5.15 Å². The van der Waals surface area contributed by atoms with Crippen LogP contribution in [-0.2, 0) is 0 Å². The molecular weight excluding hydrogens is 258 g/mol. The van der Waals surface area contributed by atoms with E-state index in [1.807, 2.05) is 30.3 Å². The van der Waals surface area contributed by atoms with Gasteiger partial charge >= 0.3 is 0 Å². The summed E-state index contributed by atoms with van der Waals surface area (Å²) in [6.07, 6.45) is -2.73. The highest BCUT2D eigenvalue weighted by molar-refractivity contribution is 6.34. The Hall–Kier alpha value is -1.81. The maximum absolute atomic E-state index is 12.7. The third-order valence-electron chi connectivity index (χ3n) is 2.76. The summed E-state index contributed by atoms with van der Waals surface area (Å²) in [5.41, 5.74) is 0.461. The lowest BCUT2D eigenvalue weighted by molar-refractivity contribution is 0.141. The standard InChI is InChI=1S/C13H7ClF2N2/c14-11-9-6-5-7-3-1-2-4-8(7)10(9)17-13(18-11)12(15)16/h1-6,12H. The first-order chi connectivity index (χ1) is 8.66. The van der Waals surface area contributed by atoms with Gasteiger partial charge in [-0.1, -0.05) is 41.9 Å². The molecule has 1 heterocycles. The highest BCUT2D eigenvalue weighted by atomic mass is 35.5. The van der Waals surface area contributed by atoms with E-state index in [1.54, 1.807) is 6.07 Å². The zero-order valence-corrected chi connectivity index (χ0v) is 9.83. The van der Waals surface area contributed by atoms with Gasteiger partial charge in [-0.2, -0.15) is 0 Å². The van der Waals surface area contributed by atoms with Gasteiger partial charge < -0.3 is 0 Å². The quantitative estimate of drug-likeness (QED) is 0.482. The Morgan fingerprint density at radius 3 is 2.50 bits per heavy atom. The van der Waals surface area contributed by atoms with Gasteiger partial charge in [0.25, 0.3) is 6.43 Å². The number of alkyl halides is 2. The molecule has 0 bridgehead atoms. The molecule has 90 valence electrons. The molecule has 0 atom stereocenters. The Morgan fingerprint density at radius 1 is 0.944 bits per heavy atom. The van der Waals surface area contributed by atoms with Crippen molar-refractivity contribution >= 4 is 33.3 Å². The molecule has 2 nitrogen and oxygen atoms in total. The first kappa shape index (κ1) is 11.3. The van der Waals surface area contributed by atoms with Crippen LogP contribution in [0.25, 0.3) is 21.7 Å². The number of benzene rings is 2. The Balaban J connectivity index is 2.48. The molecule has 0 amide bonds. The van der Waals surface area contributed by atoms with Gasteiger partial charge in [0.1, 0.15) is 5.15 Å². The summed E-state index contributed by atoms with van der Waals surface area (Å²) >= 11 is 5.92. The molecule has 0 aliphatic carbocycles. The average Bonchev–Trinajstić information content (AvgIpc) is 2.38. The van der Waals surface area contributed by atoms with Crippen LogP contribution in [0, 0.1) is 0 Å². The van der Waals surface area contributed by atoms with E-state index in [9.17, 15) is 8.78 Å². The number of hydrogen-bond acceptors (Lipinski definition) is 2. The molecule has 2 aromatic carbocycles. The second-order valence-corrected chi connectivity index (χ2v) is 4.21. The number of fused-ring (bicyclic) bond motifs is 3. The molecule has 1 aromatic heterocycles. The summed E-state index contributed by atoms with van der Waals surface area (Å²) in [6, 6.07) is 11.1. The van der Waals surface area contributed by atoms with E-state index in [2.05, 4.69) is 9.97 Å². The van der Waals surface area contributed by atoms with E-state index in [4.69, 9.17) is 11.6 Å². The van der Waals surface area contributed by atoms with Gasteiger partial charge in [0, 0.05) is 10.8 Å². The molecule has 5 heteroatoms. The lowest BCUT2D eigenvalue weighted by Crippen LogP contribution is -1.97. The van der Waals surface area contributed by atoms with Gasteiger partial charge in [-0.15, -0.1) is 0 Å². The molecular formula is C13H7ClF2N2. The SMILES string of the molecule is FC(F)c1nc(Cl)c2ccc3ccccc3c2n1. The van der Waals surface area contributed by atoms with Gasteiger partial charge in [-0.05, 0) is 11.5 Å². The molecule has 0 N–H and O–H groups in total. The van der Waals surface area contributed by atoms with Gasteiger partial charge in [0.15, 0.2) is 5.82 Å². The zero-order valence-electron chi connectivity index (χ0n) is 9.07. The van der Waals surface area contributed by atoms with Gasteiger partial charge in [0.05, 0.1) is 5.52 Å². The first-order valence-electron chi connectivity index (χ1n) is 5.30. The van der Waals surface area contributed by atoms with E-state index < -0.39 is 12.2 Å². The lowest BCUT2D eigenvalue weighted by atomic mass is 10.1. The van der Waals surface area contributed by atoms with Crippen molar-refractivity contribution in [3.05, 3.63) is 47.4 Å². The fourth-order valence-corrected chi connectivity index (χ4v) is 2.18. The lowest BCUT2D eigenvalue weighted by Gasteiger charge is -2.06. The number of rotatable bonds is 1. The van der Waals surface area contributed by atoms with Crippen molar-refractivity contribution in [1.82, 2.24) is 9.97 Å². The highest BCUT2D eigenvalue weighted by Crippen LogP contribution is 2.29. The minimum atomic E-state index is -2.73. The van der Waals surface area contributed by atoms with E-state index in [0.29, 0.717) is 10.9 Å². The van der Waals surface area contributed by atoms with Crippen molar-refractivity contribution in [3.63, 3.8) is 0 Å². The van der Waals surface area contributed by atoms with Gasteiger partial charge in [0.2, 0.25) is 0 Å². The summed E-state index contributed by atoms with van der Waals surface area (Å²) < 4.78 is 25.4. The predicted octanol–water partition coefficient (Wildman–Crippen LogP) is 4.37. The minimum Gasteiger partial charge on any atom is -0.226 e. The second kappa shape index (κ2) is 4.14. The van der Waals surface area contributed by atoms with Crippen molar-refractivity contribution in [1.29, 1.82) is 0 Å². The van der Waals surface area contributed by atoms with Crippen LogP contribution in [0.5, 0.6) is 0 Å². The molecule has 18 heavy (non-hydrogen) atoms. The molecule has 0 saturated carbocycles. The molecule has 3 rings (SSSR count). The van der Waals surface area contributed by atoms with Crippen molar-refractivity contribution in [2.45, 2.75) is 6.43 Å². The largest absolute Gasteiger partial charge is 0.297 e. The summed E-state index contributed by atoms with van der Waals surface area (Å²) in [5.74, 6) is -0.538. The van der Waals surface area contributed by atoms with E-state index in [0.717, 1.165) is 10.8 Å². The van der Waals surface area contributed by atoms with Crippen molar-refractivity contribution in [3.8, 4) is 0 Å². The van der Waals surface area contributed by atoms with Crippen LogP contribution in [0.15, 0.2) is 36.4 Å². The van der Waals surface area contributed by atoms with Crippen LogP contribution in [0.4, 0.5) is 8.78 Å². The minimum absolute atomic E-state index is 0.0565. The van der Waals surface area contributed by atoms with Crippen molar-refractivity contribution in [2.24, 2.45) is 0 Å². The first-order valence-corrected chi connectivity index (χ1v) is 5.67. The summed E-state index contributed by atoms with van der Waals surface area (Å²) in [5, 5.41) is 2.36. The normalized spacial score (nSPS) is 11.6. The third-order valence-corrected chi connectivity index (χ3v) is 3.05. The van der Waals surface area contributed by atoms with E-state index in [1.165, 1.54) is 0 Å².